The Kier molecular flexibility index (Phi) is 6.09. The van der Waals surface area contributed by atoms with Crippen molar-refractivity contribution in [2.24, 2.45) is 11.1 Å². The molecule has 0 aromatic heterocycles. The molecule has 2 aliphatic rings. The van der Waals surface area contributed by atoms with E-state index in [9.17, 15) is 9.90 Å². The summed E-state index contributed by atoms with van der Waals surface area (Å²) in [6.45, 7) is 0.898. The van der Waals surface area contributed by atoms with Crippen molar-refractivity contribution in [3.05, 3.63) is 0 Å². The molecule has 0 aromatic rings. The van der Waals surface area contributed by atoms with Crippen molar-refractivity contribution in [3.8, 4) is 0 Å². The average Bonchev–Trinajstić information content (AvgIpc) is 2.98. The summed E-state index contributed by atoms with van der Waals surface area (Å²) in [5.74, 6) is 0.0178. The number of aliphatic hydroxyl groups excluding tert-OH is 1. The summed E-state index contributed by atoms with van der Waals surface area (Å²) in [6, 6.07) is 0. The lowest BCUT2D eigenvalue weighted by Crippen LogP contribution is -2.53. The zero-order valence-corrected chi connectivity index (χ0v) is 12.4. The van der Waals surface area contributed by atoms with Crippen LogP contribution in [0.25, 0.3) is 0 Å². The van der Waals surface area contributed by atoms with Gasteiger partial charge in [-0.1, -0.05) is 25.7 Å². The maximum atomic E-state index is 12.2. The first-order valence-electron chi connectivity index (χ1n) is 7.28. The van der Waals surface area contributed by atoms with Crippen LogP contribution in [0.2, 0.25) is 0 Å². The van der Waals surface area contributed by atoms with E-state index >= 15 is 0 Å². The van der Waals surface area contributed by atoms with Crippen LogP contribution in [0.4, 0.5) is 0 Å². The van der Waals surface area contributed by atoms with Gasteiger partial charge in [-0.25, -0.2) is 0 Å². The van der Waals surface area contributed by atoms with Crippen LogP contribution in [0.3, 0.4) is 0 Å². The number of nitrogens with two attached hydrogens (primary N) is 1. The molecule has 0 aliphatic heterocycles. The lowest BCUT2D eigenvalue weighted by atomic mass is 9.82. The van der Waals surface area contributed by atoms with Crippen molar-refractivity contribution in [2.75, 3.05) is 13.2 Å². The molecule has 4 N–H and O–H groups in total. The quantitative estimate of drug-likeness (QED) is 0.722. The van der Waals surface area contributed by atoms with Gasteiger partial charge in [-0.3, -0.25) is 4.79 Å². The molecule has 0 aromatic carbocycles. The molecule has 0 unspecified atom stereocenters. The van der Waals surface area contributed by atoms with Crippen LogP contribution in [0.15, 0.2) is 0 Å². The molecular formula is C14H27ClN2O2. The minimum atomic E-state index is -0.626. The monoisotopic (exact) mass is 290 g/mol. The van der Waals surface area contributed by atoms with E-state index in [1.807, 2.05) is 0 Å². The topological polar surface area (TPSA) is 75.4 Å². The van der Waals surface area contributed by atoms with E-state index in [1.165, 1.54) is 12.8 Å². The average molecular weight is 291 g/mol. The summed E-state index contributed by atoms with van der Waals surface area (Å²) < 4.78 is 0. The summed E-state index contributed by atoms with van der Waals surface area (Å²) in [7, 11) is 0. The van der Waals surface area contributed by atoms with Crippen molar-refractivity contribution in [2.45, 2.75) is 63.3 Å². The summed E-state index contributed by atoms with van der Waals surface area (Å²) in [5.41, 5.74) is 5.64. The number of hydrogen-bond acceptors (Lipinski definition) is 3. The SMILES string of the molecule is Cl.NC1(C(=O)NCC2(CCO)CCCC2)CCCC1. The van der Waals surface area contributed by atoms with Gasteiger partial charge in [0.05, 0.1) is 5.54 Å². The Morgan fingerprint density at radius 2 is 1.63 bits per heavy atom. The first-order valence-corrected chi connectivity index (χ1v) is 7.28. The molecule has 0 radical (unpaired) electrons. The first-order chi connectivity index (χ1) is 8.60. The Bertz CT molecular complexity index is 298. The van der Waals surface area contributed by atoms with Crippen molar-refractivity contribution in [1.29, 1.82) is 0 Å². The van der Waals surface area contributed by atoms with Crippen molar-refractivity contribution in [1.82, 2.24) is 5.32 Å². The van der Waals surface area contributed by atoms with E-state index in [4.69, 9.17) is 5.73 Å². The smallest absolute Gasteiger partial charge is 0.240 e. The normalized spacial score (nSPS) is 23.9. The zero-order valence-electron chi connectivity index (χ0n) is 11.6. The maximum Gasteiger partial charge on any atom is 0.240 e. The lowest BCUT2D eigenvalue weighted by molar-refractivity contribution is -0.126. The standard InChI is InChI=1S/C14H26N2O2.ClH/c15-14(7-3-4-8-14)12(18)16-11-13(9-10-17)5-1-2-6-13;/h17H,1-11,15H2,(H,16,18);1H. The first kappa shape index (κ1) is 16.7. The molecule has 2 saturated carbocycles. The molecule has 112 valence electrons. The zero-order chi connectivity index (χ0) is 13.1. The van der Waals surface area contributed by atoms with Crippen molar-refractivity contribution < 1.29 is 9.90 Å². The van der Waals surface area contributed by atoms with Gasteiger partial charge >= 0.3 is 0 Å². The highest BCUT2D eigenvalue weighted by atomic mass is 35.5. The largest absolute Gasteiger partial charge is 0.396 e. The Hall–Kier alpha value is -0.320. The second-order valence-corrected chi connectivity index (χ2v) is 6.23. The fourth-order valence-corrected chi connectivity index (χ4v) is 3.55. The van der Waals surface area contributed by atoms with E-state index in [2.05, 4.69) is 5.32 Å². The maximum absolute atomic E-state index is 12.2. The van der Waals surface area contributed by atoms with Crippen LogP contribution in [0.5, 0.6) is 0 Å². The van der Waals surface area contributed by atoms with Gasteiger partial charge in [-0.15, -0.1) is 12.4 Å². The molecule has 19 heavy (non-hydrogen) atoms. The number of carbonyl (C=O) groups is 1. The fraction of sp³-hybridized carbons (Fsp3) is 0.929. The second kappa shape index (κ2) is 6.91. The number of carbonyl (C=O) groups excluding carboxylic acids is 1. The molecule has 2 rings (SSSR count). The molecule has 2 fully saturated rings. The van der Waals surface area contributed by atoms with Gasteiger partial charge in [0.15, 0.2) is 0 Å². The molecule has 0 saturated heterocycles. The molecule has 4 nitrogen and oxygen atoms in total. The Balaban J connectivity index is 0.00000180. The number of amides is 1. The summed E-state index contributed by atoms with van der Waals surface area (Å²) in [4.78, 5) is 12.2. The van der Waals surface area contributed by atoms with Crippen LogP contribution in [0, 0.1) is 5.41 Å². The minimum absolute atomic E-state index is 0. The van der Waals surface area contributed by atoms with E-state index in [-0.39, 0.29) is 30.3 Å². The Labute approximate surface area is 121 Å². The minimum Gasteiger partial charge on any atom is -0.396 e. The Morgan fingerprint density at radius 3 is 2.16 bits per heavy atom. The number of rotatable bonds is 5. The number of aliphatic hydroxyl groups is 1. The van der Waals surface area contributed by atoms with Gasteiger partial charge < -0.3 is 16.2 Å². The third-order valence-electron chi connectivity index (χ3n) is 4.88. The van der Waals surface area contributed by atoms with Crippen LogP contribution >= 0.6 is 12.4 Å². The van der Waals surface area contributed by atoms with Crippen LogP contribution in [-0.2, 0) is 4.79 Å². The van der Waals surface area contributed by atoms with Gasteiger partial charge in [0, 0.05) is 13.2 Å². The van der Waals surface area contributed by atoms with Crippen molar-refractivity contribution >= 4 is 18.3 Å². The van der Waals surface area contributed by atoms with Crippen molar-refractivity contribution in [3.63, 3.8) is 0 Å². The molecule has 1 amide bonds. The highest BCUT2D eigenvalue weighted by molar-refractivity contribution is 5.86. The van der Waals surface area contributed by atoms with E-state index in [0.29, 0.717) is 6.54 Å². The van der Waals surface area contributed by atoms with E-state index < -0.39 is 5.54 Å². The number of hydrogen-bond donors (Lipinski definition) is 3. The molecule has 0 spiro atoms. The van der Waals surface area contributed by atoms with Gasteiger partial charge in [-0.05, 0) is 37.5 Å². The second-order valence-electron chi connectivity index (χ2n) is 6.23. The highest BCUT2D eigenvalue weighted by Crippen LogP contribution is 2.40. The predicted molar refractivity (Wildman–Crippen MR) is 78.2 cm³/mol. The fourth-order valence-electron chi connectivity index (χ4n) is 3.55. The Morgan fingerprint density at radius 1 is 1.11 bits per heavy atom. The van der Waals surface area contributed by atoms with Crippen LogP contribution in [0.1, 0.15) is 57.8 Å². The highest BCUT2D eigenvalue weighted by Gasteiger charge is 2.39. The third kappa shape index (κ3) is 3.83. The third-order valence-corrected chi connectivity index (χ3v) is 4.88. The summed E-state index contributed by atoms with van der Waals surface area (Å²) in [5, 5.41) is 12.2. The molecule has 2 aliphatic carbocycles. The summed E-state index contributed by atoms with van der Waals surface area (Å²) >= 11 is 0. The van der Waals surface area contributed by atoms with Crippen LogP contribution in [-0.4, -0.2) is 29.7 Å². The molecule has 0 atom stereocenters. The predicted octanol–water partition coefficient (Wildman–Crippen LogP) is 1.74. The van der Waals surface area contributed by atoms with Gasteiger partial charge in [0.1, 0.15) is 0 Å². The molecular weight excluding hydrogens is 264 g/mol. The number of nitrogens with one attached hydrogen (secondary N) is 1. The van der Waals surface area contributed by atoms with Gasteiger partial charge in [-0.2, -0.15) is 0 Å². The molecule has 5 heteroatoms. The van der Waals surface area contributed by atoms with Gasteiger partial charge in [0.25, 0.3) is 0 Å². The lowest BCUT2D eigenvalue weighted by Gasteiger charge is -2.31. The van der Waals surface area contributed by atoms with E-state index in [0.717, 1.165) is 44.9 Å². The van der Waals surface area contributed by atoms with E-state index in [1.54, 1.807) is 0 Å². The summed E-state index contributed by atoms with van der Waals surface area (Å²) in [6.07, 6.45) is 9.20. The molecule has 0 heterocycles. The van der Waals surface area contributed by atoms with Crippen LogP contribution < -0.4 is 11.1 Å². The van der Waals surface area contributed by atoms with Gasteiger partial charge in [0.2, 0.25) is 5.91 Å². The molecule has 0 bridgehead atoms. The number of halogens is 1.